The highest BCUT2D eigenvalue weighted by Gasteiger charge is 2.46. The summed E-state index contributed by atoms with van der Waals surface area (Å²) in [6.45, 7) is 1.12. The third kappa shape index (κ3) is 6.10. The fraction of sp³-hybridized carbons (Fsp3) is 0.500. The molecule has 1 fully saturated rings. The number of hydrogen-bond acceptors (Lipinski definition) is 9. The second kappa shape index (κ2) is 12.0. The fourth-order valence-corrected chi connectivity index (χ4v) is 4.25. The fourth-order valence-electron chi connectivity index (χ4n) is 4.25. The van der Waals surface area contributed by atoms with Crippen LogP contribution in [0.2, 0.25) is 0 Å². The van der Waals surface area contributed by atoms with E-state index in [9.17, 15) is 4.79 Å². The molecule has 3 rings (SSSR count). The number of benzene rings is 2. The Kier molecular flexibility index (Phi) is 9.06. The van der Waals surface area contributed by atoms with Gasteiger partial charge in [0, 0.05) is 18.5 Å². The number of rotatable bonds is 12. The Labute approximate surface area is 206 Å². The van der Waals surface area contributed by atoms with Gasteiger partial charge in [-0.1, -0.05) is 0 Å². The normalized spacial score (nSPS) is 19.4. The lowest BCUT2D eigenvalue weighted by Gasteiger charge is -2.23. The molecular weight excluding hydrogens is 454 g/mol. The SMILES string of the molecule is COc1cc(OC)cc(C2C(=O)OC(OCCN(C)C)C2Cc2cc(OC)c(OC)c(OC)c2)c1. The molecule has 0 spiro atoms. The van der Waals surface area contributed by atoms with E-state index in [0.29, 0.717) is 48.3 Å². The summed E-state index contributed by atoms with van der Waals surface area (Å²) in [7, 11) is 11.8. The van der Waals surface area contributed by atoms with Gasteiger partial charge in [-0.2, -0.15) is 0 Å². The molecule has 3 atom stereocenters. The molecular formula is C26H35NO8. The van der Waals surface area contributed by atoms with Crippen LogP contribution in [0.4, 0.5) is 0 Å². The number of cyclic esters (lactones) is 1. The molecule has 1 saturated heterocycles. The van der Waals surface area contributed by atoms with Gasteiger partial charge in [-0.3, -0.25) is 4.79 Å². The molecule has 35 heavy (non-hydrogen) atoms. The van der Waals surface area contributed by atoms with Crippen molar-refractivity contribution in [3.8, 4) is 28.7 Å². The van der Waals surface area contributed by atoms with Crippen molar-refractivity contribution in [2.75, 3.05) is 62.8 Å². The van der Waals surface area contributed by atoms with Crippen LogP contribution in [0.1, 0.15) is 17.0 Å². The lowest BCUT2D eigenvalue weighted by Crippen LogP contribution is -2.28. The maximum absolute atomic E-state index is 13.2. The van der Waals surface area contributed by atoms with Crippen molar-refractivity contribution < 1.29 is 38.0 Å². The molecule has 1 heterocycles. The molecule has 9 nitrogen and oxygen atoms in total. The maximum atomic E-state index is 13.2. The second-order valence-electron chi connectivity index (χ2n) is 8.50. The monoisotopic (exact) mass is 489 g/mol. The zero-order chi connectivity index (χ0) is 25.5. The quantitative estimate of drug-likeness (QED) is 0.418. The lowest BCUT2D eigenvalue weighted by atomic mass is 9.83. The predicted octanol–water partition coefficient (Wildman–Crippen LogP) is 3.13. The van der Waals surface area contributed by atoms with Crippen molar-refractivity contribution in [3.63, 3.8) is 0 Å². The number of ether oxygens (including phenoxy) is 7. The van der Waals surface area contributed by atoms with Gasteiger partial charge in [0.1, 0.15) is 11.5 Å². The highest BCUT2D eigenvalue weighted by molar-refractivity contribution is 5.81. The van der Waals surface area contributed by atoms with Crippen LogP contribution in [0.15, 0.2) is 30.3 Å². The van der Waals surface area contributed by atoms with Crippen LogP contribution in [0.3, 0.4) is 0 Å². The summed E-state index contributed by atoms with van der Waals surface area (Å²) in [4.78, 5) is 15.2. The summed E-state index contributed by atoms with van der Waals surface area (Å²) in [5.74, 6) is 1.52. The van der Waals surface area contributed by atoms with E-state index in [1.165, 1.54) is 0 Å². The van der Waals surface area contributed by atoms with Gasteiger partial charge in [0.05, 0.1) is 48.1 Å². The second-order valence-corrected chi connectivity index (χ2v) is 8.50. The van der Waals surface area contributed by atoms with Crippen LogP contribution >= 0.6 is 0 Å². The molecule has 1 aliphatic rings. The Balaban J connectivity index is 2.01. The van der Waals surface area contributed by atoms with Crippen molar-refractivity contribution in [2.24, 2.45) is 5.92 Å². The number of carbonyl (C=O) groups is 1. The summed E-state index contributed by atoms with van der Waals surface area (Å²) in [6, 6.07) is 9.19. The zero-order valence-electron chi connectivity index (χ0n) is 21.5. The topological polar surface area (TPSA) is 84.9 Å². The Morgan fingerprint density at radius 3 is 1.91 bits per heavy atom. The highest BCUT2D eigenvalue weighted by Crippen LogP contribution is 2.44. The summed E-state index contributed by atoms with van der Waals surface area (Å²) >= 11 is 0. The molecule has 0 bridgehead atoms. The summed E-state index contributed by atoms with van der Waals surface area (Å²) in [5.41, 5.74) is 1.63. The van der Waals surface area contributed by atoms with E-state index in [1.54, 1.807) is 41.6 Å². The standard InChI is InChI=1S/C26H35NO8/c1-27(2)8-9-34-26-20(10-16-11-21(31-5)24(33-7)22(12-16)32-6)23(25(28)35-26)17-13-18(29-3)15-19(14-17)30-4/h11-15,20,23,26H,8-10H2,1-7H3. The van der Waals surface area contributed by atoms with E-state index < -0.39 is 12.2 Å². The molecule has 2 aromatic carbocycles. The Morgan fingerprint density at radius 1 is 0.829 bits per heavy atom. The van der Waals surface area contributed by atoms with Gasteiger partial charge >= 0.3 is 5.97 Å². The van der Waals surface area contributed by atoms with Gasteiger partial charge in [-0.15, -0.1) is 0 Å². The molecule has 0 saturated carbocycles. The summed E-state index contributed by atoms with van der Waals surface area (Å²) in [5, 5.41) is 0. The molecule has 0 N–H and O–H groups in total. The molecule has 192 valence electrons. The zero-order valence-corrected chi connectivity index (χ0v) is 21.5. The van der Waals surface area contributed by atoms with Crippen molar-refractivity contribution >= 4 is 5.97 Å². The van der Waals surface area contributed by atoms with Gasteiger partial charge < -0.3 is 38.1 Å². The minimum Gasteiger partial charge on any atom is -0.497 e. The number of nitrogens with zero attached hydrogens (tertiary/aromatic N) is 1. The first-order chi connectivity index (χ1) is 16.8. The van der Waals surface area contributed by atoms with Gasteiger partial charge in [-0.25, -0.2) is 0 Å². The van der Waals surface area contributed by atoms with Gasteiger partial charge in [0.15, 0.2) is 11.5 Å². The van der Waals surface area contributed by atoms with E-state index in [4.69, 9.17) is 33.2 Å². The molecule has 0 aliphatic carbocycles. The lowest BCUT2D eigenvalue weighted by molar-refractivity contribution is -0.167. The van der Waals surface area contributed by atoms with E-state index in [1.807, 2.05) is 43.3 Å². The first kappa shape index (κ1) is 26.4. The van der Waals surface area contributed by atoms with Crippen molar-refractivity contribution in [1.82, 2.24) is 4.90 Å². The molecule has 1 aliphatic heterocycles. The molecule has 2 aromatic rings. The van der Waals surface area contributed by atoms with Gasteiger partial charge in [0.25, 0.3) is 0 Å². The smallest absolute Gasteiger partial charge is 0.316 e. The highest BCUT2D eigenvalue weighted by atomic mass is 16.7. The molecule has 0 radical (unpaired) electrons. The van der Waals surface area contributed by atoms with E-state index in [2.05, 4.69) is 0 Å². The van der Waals surface area contributed by atoms with Crippen LogP contribution in [0.25, 0.3) is 0 Å². The number of methoxy groups -OCH3 is 5. The van der Waals surface area contributed by atoms with E-state index in [0.717, 1.165) is 11.1 Å². The van der Waals surface area contributed by atoms with Crippen molar-refractivity contribution in [1.29, 1.82) is 0 Å². The van der Waals surface area contributed by atoms with Gasteiger partial charge in [-0.05, 0) is 55.9 Å². The summed E-state index contributed by atoms with van der Waals surface area (Å²) in [6.07, 6.45) is -0.247. The molecule has 9 heteroatoms. The van der Waals surface area contributed by atoms with E-state index in [-0.39, 0.29) is 11.9 Å². The first-order valence-electron chi connectivity index (χ1n) is 11.3. The number of hydrogen-bond donors (Lipinski definition) is 0. The van der Waals surface area contributed by atoms with Crippen molar-refractivity contribution in [3.05, 3.63) is 41.5 Å². The molecule has 0 aromatic heterocycles. The van der Waals surface area contributed by atoms with Crippen molar-refractivity contribution in [2.45, 2.75) is 18.6 Å². The van der Waals surface area contributed by atoms with Crippen LogP contribution in [-0.4, -0.2) is 80.0 Å². The Morgan fingerprint density at radius 2 is 1.43 bits per heavy atom. The molecule has 0 amide bonds. The molecule has 3 unspecified atom stereocenters. The average molecular weight is 490 g/mol. The van der Waals surface area contributed by atoms with Gasteiger partial charge in [0.2, 0.25) is 12.0 Å². The Hall–Kier alpha value is -3.17. The average Bonchev–Trinajstić information content (AvgIpc) is 3.16. The third-order valence-corrected chi connectivity index (χ3v) is 6.01. The minimum absolute atomic E-state index is 0.315. The maximum Gasteiger partial charge on any atom is 0.316 e. The van der Waals surface area contributed by atoms with E-state index >= 15 is 0 Å². The third-order valence-electron chi connectivity index (χ3n) is 6.01. The number of esters is 1. The first-order valence-corrected chi connectivity index (χ1v) is 11.3. The van der Waals surface area contributed by atoms with Crippen LogP contribution < -0.4 is 23.7 Å². The number of carbonyl (C=O) groups excluding carboxylic acids is 1. The number of likely N-dealkylation sites (N-methyl/N-ethyl adjacent to an activating group) is 1. The largest absolute Gasteiger partial charge is 0.497 e. The summed E-state index contributed by atoms with van der Waals surface area (Å²) < 4.78 is 39.2. The van der Waals surface area contributed by atoms with Crippen LogP contribution in [0, 0.1) is 5.92 Å². The minimum atomic E-state index is -0.719. The Bertz CT molecular complexity index is 962. The predicted molar refractivity (Wildman–Crippen MR) is 130 cm³/mol. The van der Waals surface area contributed by atoms with Crippen LogP contribution in [0.5, 0.6) is 28.7 Å². The van der Waals surface area contributed by atoms with Crippen LogP contribution in [-0.2, 0) is 20.7 Å².